The molecular weight excluding hydrogens is 288 g/mol. The third kappa shape index (κ3) is 5.62. The first-order valence-corrected chi connectivity index (χ1v) is 8.44. The molecule has 0 saturated heterocycles. The number of tetrazole rings is 1. The van der Waals surface area contributed by atoms with E-state index in [1.54, 1.807) is 4.68 Å². The van der Waals surface area contributed by atoms with Crippen LogP contribution in [-0.4, -0.2) is 62.4 Å². The Hall–Kier alpha value is -1.15. The van der Waals surface area contributed by atoms with Crippen LogP contribution in [0.3, 0.4) is 0 Å². The van der Waals surface area contributed by atoms with Gasteiger partial charge in [0.05, 0.1) is 11.8 Å². The highest BCUT2D eigenvalue weighted by Crippen LogP contribution is 2.21. The fourth-order valence-corrected chi connectivity index (χ4v) is 2.81. The zero-order chi connectivity index (χ0) is 15.7. The molecule has 8 heteroatoms. The molecule has 0 bridgehead atoms. The summed E-state index contributed by atoms with van der Waals surface area (Å²) in [6.45, 7) is 12.0. The molecule has 0 aromatic carbocycles. The number of aromatic nitrogens is 4. The second kappa shape index (κ2) is 9.73. The number of hydrogen-bond acceptors (Lipinski definition) is 6. The van der Waals surface area contributed by atoms with Gasteiger partial charge in [-0.15, -0.1) is 5.10 Å². The first-order valence-electron chi connectivity index (χ1n) is 7.56. The van der Waals surface area contributed by atoms with Crippen molar-refractivity contribution in [3.05, 3.63) is 0 Å². The smallest absolute Gasteiger partial charge is 0.235 e. The third-order valence-electron chi connectivity index (χ3n) is 3.13. The molecule has 120 valence electrons. The van der Waals surface area contributed by atoms with E-state index in [0.29, 0.717) is 11.7 Å². The fraction of sp³-hybridized carbons (Fsp3) is 0.846. The lowest BCUT2D eigenvalue weighted by atomic mass is 10.4. The van der Waals surface area contributed by atoms with Crippen LogP contribution >= 0.6 is 11.8 Å². The summed E-state index contributed by atoms with van der Waals surface area (Å²) < 4.78 is 1.75. The van der Waals surface area contributed by atoms with Crippen LogP contribution in [0, 0.1) is 0 Å². The SMILES string of the molecule is CCCNCCn1nnnc1SC(C)C(=O)N(CC)CC. The van der Waals surface area contributed by atoms with Crippen molar-refractivity contribution in [3.8, 4) is 0 Å². The second-order valence-electron chi connectivity index (χ2n) is 4.71. The number of carbonyl (C=O) groups excluding carboxylic acids is 1. The summed E-state index contributed by atoms with van der Waals surface area (Å²) in [7, 11) is 0. The molecule has 1 amide bonds. The summed E-state index contributed by atoms with van der Waals surface area (Å²) in [6.07, 6.45) is 1.10. The maximum Gasteiger partial charge on any atom is 0.235 e. The maximum atomic E-state index is 12.3. The lowest BCUT2D eigenvalue weighted by Crippen LogP contribution is -2.36. The zero-order valence-corrected chi connectivity index (χ0v) is 14.2. The highest BCUT2D eigenvalue weighted by Gasteiger charge is 2.21. The van der Waals surface area contributed by atoms with Crippen LogP contribution in [0.15, 0.2) is 5.16 Å². The normalized spacial score (nSPS) is 12.4. The van der Waals surface area contributed by atoms with Crippen molar-refractivity contribution < 1.29 is 4.79 Å². The molecule has 0 spiro atoms. The molecule has 1 aromatic rings. The van der Waals surface area contributed by atoms with E-state index < -0.39 is 0 Å². The summed E-state index contributed by atoms with van der Waals surface area (Å²) in [5.74, 6) is 0.128. The Morgan fingerprint density at radius 1 is 1.33 bits per heavy atom. The van der Waals surface area contributed by atoms with Crippen molar-refractivity contribution in [2.24, 2.45) is 0 Å². The summed E-state index contributed by atoms with van der Waals surface area (Å²) >= 11 is 1.42. The van der Waals surface area contributed by atoms with Gasteiger partial charge in [-0.2, -0.15) is 0 Å². The quantitative estimate of drug-likeness (QED) is 0.513. The van der Waals surface area contributed by atoms with Crippen molar-refractivity contribution in [3.63, 3.8) is 0 Å². The van der Waals surface area contributed by atoms with Crippen molar-refractivity contribution in [1.29, 1.82) is 0 Å². The number of carbonyl (C=O) groups is 1. The summed E-state index contributed by atoms with van der Waals surface area (Å²) in [5, 5.41) is 15.5. The van der Waals surface area contributed by atoms with E-state index in [1.807, 2.05) is 25.7 Å². The minimum absolute atomic E-state index is 0.128. The van der Waals surface area contributed by atoms with E-state index in [0.717, 1.165) is 32.6 Å². The maximum absolute atomic E-state index is 12.3. The second-order valence-corrected chi connectivity index (χ2v) is 6.01. The highest BCUT2D eigenvalue weighted by atomic mass is 32.2. The summed E-state index contributed by atoms with van der Waals surface area (Å²) in [4.78, 5) is 14.1. The van der Waals surface area contributed by atoms with Gasteiger partial charge in [0.25, 0.3) is 0 Å². The fourth-order valence-electron chi connectivity index (χ4n) is 1.91. The van der Waals surface area contributed by atoms with Crippen molar-refractivity contribution >= 4 is 17.7 Å². The molecule has 1 unspecified atom stereocenters. The van der Waals surface area contributed by atoms with Gasteiger partial charge in [-0.3, -0.25) is 4.79 Å². The summed E-state index contributed by atoms with van der Waals surface area (Å²) in [6, 6.07) is 0. The Labute approximate surface area is 130 Å². The molecule has 0 aliphatic carbocycles. The first kappa shape index (κ1) is 17.9. The molecule has 1 atom stereocenters. The van der Waals surface area contributed by atoms with Crippen LogP contribution in [0.4, 0.5) is 0 Å². The van der Waals surface area contributed by atoms with Crippen molar-refractivity contribution in [2.75, 3.05) is 26.2 Å². The van der Waals surface area contributed by atoms with Gasteiger partial charge in [-0.1, -0.05) is 18.7 Å². The van der Waals surface area contributed by atoms with Crippen LogP contribution in [0.5, 0.6) is 0 Å². The molecular formula is C13H26N6OS. The number of rotatable bonds is 10. The third-order valence-corrected chi connectivity index (χ3v) is 4.19. The van der Waals surface area contributed by atoms with Gasteiger partial charge in [-0.05, 0) is 44.2 Å². The van der Waals surface area contributed by atoms with Crippen molar-refractivity contribution in [2.45, 2.75) is 51.1 Å². The minimum Gasteiger partial charge on any atom is -0.342 e. The minimum atomic E-state index is -0.182. The molecule has 1 aromatic heterocycles. The van der Waals surface area contributed by atoms with Gasteiger partial charge in [0.15, 0.2) is 0 Å². The average Bonchev–Trinajstić information content (AvgIpc) is 2.92. The van der Waals surface area contributed by atoms with E-state index in [9.17, 15) is 4.79 Å². The van der Waals surface area contributed by atoms with Crippen molar-refractivity contribution in [1.82, 2.24) is 30.4 Å². The zero-order valence-electron chi connectivity index (χ0n) is 13.4. The predicted molar refractivity (Wildman–Crippen MR) is 84.2 cm³/mol. The van der Waals surface area contributed by atoms with Crippen LogP contribution in [-0.2, 0) is 11.3 Å². The Bertz CT molecular complexity index is 421. The Kier molecular flexibility index (Phi) is 8.29. The molecule has 0 aliphatic heterocycles. The molecule has 0 radical (unpaired) electrons. The van der Waals surface area contributed by atoms with Gasteiger partial charge in [0.2, 0.25) is 11.1 Å². The van der Waals surface area contributed by atoms with Gasteiger partial charge < -0.3 is 10.2 Å². The lowest BCUT2D eigenvalue weighted by molar-refractivity contribution is -0.129. The van der Waals surface area contributed by atoms with E-state index in [-0.39, 0.29) is 11.2 Å². The highest BCUT2D eigenvalue weighted by molar-refractivity contribution is 8.00. The van der Waals surface area contributed by atoms with Gasteiger partial charge in [0, 0.05) is 19.6 Å². The molecule has 0 aliphatic rings. The average molecular weight is 314 g/mol. The van der Waals surface area contributed by atoms with E-state index in [4.69, 9.17) is 0 Å². The monoisotopic (exact) mass is 314 g/mol. The van der Waals surface area contributed by atoms with Gasteiger partial charge in [-0.25, -0.2) is 4.68 Å². The van der Waals surface area contributed by atoms with Gasteiger partial charge >= 0.3 is 0 Å². The predicted octanol–water partition coefficient (Wildman–Crippen LogP) is 1.02. The van der Waals surface area contributed by atoms with Crippen LogP contribution in [0.1, 0.15) is 34.1 Å². The lowest BCUT2D eigenvalue weighted by Gasteiger charge is -2.22. The number of nitrogens with zero attached hydrogens (tertiary/aromatic N) is 5. The molecule has 7 nitrogen and oxygen atoms in total. The molecule has 1 N–H and O–H groups in total. The first-order chi connectivity index (χ1) is 10.1. The Balaban J connectivity index is 2.54. The van der Waals surface area contributed by atoms with Gasteiger partial charge in [0.1, 0.15) is 0 Å². The number of nitrogens with one attached hydrogen (secondary N) is 1. The standard InChI is InChI=1S/C13H26N6OS/c1-5-8-14-9-10-19-13(15-16-17-19)21-11(4)12(20)18(6-2)7-3/h11,14H,5-10H2,1-4H3. The summed E-state index contributed by atoms with van der Waals surface area (Å²) in [5.41, 5.74) is 0. The molecule has 1 rings (SSSR count). The largest absolute Gasteiger partial charge is 0.342 e. The van der Waals surface area contributed by atoms with E-state index >= 15 is 0 Å². The number of amides is 1. The molecule has 21 heavy (non-hydrogen) atoms. The molecule has 0 saturated carbocycles. The van der Waals surface area contributed by atoms with Crippen LogP contribution in [0.25, 0.3) is 0 Å². The van der Waals surface area contributed by atoms with Crippen LogP contribution in [0.2, 0.25) is 0 Å². The van der Waals surface area contributed by atoms with Crippen LogP contribution < -0.4 is 5.32 Å². The Morgan fingerprint density at radius 2 is 2.05 bits per heavy atom. The molecule has 1 heterocycles. The van der Waals surface area contributed by atoms with E-state index in [2.05, 4.69) is 27.8 Å². The topological polar surface area (TPSA) is 75.9 Å². The number of hydrogen-bond donors (Lipinski definition) is 1. The molecule has 0 fully saturated rings. The number of thioether (sulfide) groups is 1. The Morgan fingerprint density at radius 3 is 2.67 bits per heavy atom. The van der Waals surface area contributed by atoms with E-state index in [1.165, 1.54) is 11.8 Å².